The van der Waals surface area contributed by atoms with E-state index >= 15 is 0 Å². The molecule has 1 N–H and O–H groups in total. The summed E-state index contributed by atoms with van der Waals surface area (Å²) < 4.78 is 65.4. The van der Waals surface area contributed by atoms with Crippen molar-refractivity contribution >= 4 is 43.0 Å². The van der Waals surface area contributed by atoms with Crippen LogP contribution in [0.4, 0.5) is 21.5 Å². The Balaban J connectivity index is 1.89. The molecule has 0 bridgehead atoms. The predicted molar refractivity (Wildman–Crippen MR) is 126 cm³/mol. The molecule has 3 aromatic rings. The Bertz CT molecular complexity index is 1350. The Morgan fingerprint density at radius 2 is 1.52 bits per heavy atom. The number of benzene rings is 3. The lowest BCUT2D eigenvalue weighted by Crippen LogP contribution is -2.38. The number of halogens is 1. The van der Waals surface area contributed by atoms with Crippen molar-refractivity contribution in [1.29, 1.82) is 0 Å². The van der Waals surface area contributed by atoms with Gasteiger partial charge in [-0.05, 0) is 54.6 Å². The average Bonchev–Trinajstić information content (AvgIpc) is 2.78. The number of carbonyl (C=O) groups excluding carboxylic acids is 1. The molecule has 33 heavy (non-hydrogen) atoms. The number of amides is 1. The molecular formula is C22H22FN3O5S2. The number of carbonyl (C=O) groups is 1. The van der Waals surface area contributed by atoms with E-state index in [9.17, 15) is 26.0 Å². The van der Waals surface area contributed by atoms with Crippen molar-refractivity contribution < 1.29 is 26.0 Å². The number of hydrogen-bond donors (Lipinski definition) is 1. The Morgan fingerprint density at radius 1 is 0.879 bits per heavy atom. The monoisotopic (exact) mass is 491 g/mol. The van der Waals surface area contributed by atoms with Gasteiger partial charge in [0.25, 0.3) is 10.0 Å². The molecule has 0 aliphatic carbocycles. The van der Waals surface area contributed by atoms with E-state index in [1.54, 1.807) is 36.4 Å². The highest BCUT2D eigenvalue weighted by Gasteiger charge is 2.27. The normalized spacial score (nSPS) is 11.6. The van der Waals surface area contributed by atoms with Gasteiger partial charge in [0.1, 0.15) is 12.4 Å². The fourth-order valence-corrected chi connectivity index (χ4v) is 4.88. The summed E-state index contributed by atoms with van der Waals surface area (Å²) in [5.41, 5.74) is 0.715. The number of rotatable bonds is 8. The average molecular weight is 492 g/mol. The first-order valence-electron chi connectivity index (χ1n) is 9.65. The van der Waals surface area contributed by atoms with Crippen LogP contribution in [-0.4, -0.2) is 42.6 Å². The summed E-state index contributed by atoms with van der Waals surface area (Å²) in [6.45, 7) is -0.588. The van der Waals surface area contributed by atoms with E-state index in [-0.39, 0.29) is 16.3 Å². The van der Waals surface area contributed by atoms with E-state index in [0.717, 1.165) is 27.0 Å². The van der Waals surface area contributed by atoms with E-state index in [1.165, 1.54) is 37.4 Å². The highest BCUT2D eigenvalue weighted by molar-refractivity contribution is 7.93. The fourth-order valence-electron chi connectivity index (χ4n) is 2.94. The SMILES string of the molecule is CN(c1cccc(NC(=O)CN(c2ccc(F)cc2)S(=O)(=O)c2ccccc2)c1)S(C)(=O)=O. The zero-order valence-electron chi connectivity index (χ0n) is 17.8. The van der Waals surface area contributed by atoms with Crippen LogP contribution in [0.5, 0.6) is 0 Å². The Morgan fingerprint density at radius 3 is 2.12 bits per heavy atom. The number of hydrogen-bond acceptors (Lipinski definition) is 5. The number of sulfonamides is 2. The van der Waals surface area contributed by atoms with Gasteiger partial charge < -0.3 is 5.32 Å². The van der Waals surface area contributed by atoms with Gasteiger partial charge in [0.2, 0.25) is 15.9 Å². The van der Waals surface area contributed by atoms with E-state index in [0.29, 0.717) is 5.69 Å². The minimum Gasteiger partial charge on any atom is -0.324 e. The van der Waals surface area contributed by atoms with Crippen LogP contribution < -0.4 is 13.9 Å². The molecule has 3 aromatic carbocycles. The molecule has 0 radical (unpaired) electrons. The van der Waals surface area contributed by atoms with Gasteiger partial charge in [0.05, 0.1) is 22.5 Å². The number of anilines is 3. The maximum atomic E-state index is 13.4. The summed E-state index contributed by atoms with van der Waals surface area (Å²) in [4.78, 5) is 12.8. The lowest BCUT2D eigenvalue weighted by Gasteiger charge is -2.24. The zero-order valence-corrected chi connectivity index (χ0v) is 19.5. The first-order chi connectivity index (χ1) is 15.5. The molecule has 0 spiro atoms. The van der Waals surface area contributed by atoms with Crippen molar-refractivity contribution in [2.24, 2.45) is 0 Å². The summed E-state index contributed by atoms with van der Waals surface area (Å²) in [6.07, 6.45) is 1.05. The van der Waals surface area contributed by atoms with Gasteiger partial charge in [-0.2, -0.15) is 0 Å². The highest BCUT2D eigenvalue weighted by Crippen LogP contribution is 2.25. The van der Waals surface area contributed by atoms with Gasteiger partial charge in [-0.1, -0.05) is 24.3 Å². The molecule has 0 aliphatic rings. The van der Waals surface area contributed by atoms with Crippen LogP contribution >= 0.6 is 0 Å². The lowest BCUT2D eigenvalue weighted by molar-refractivity contribution is -0.114. The largest absolute Gasteiger partial charge is 0.324 e. The molecule has 0 aromatic heterocycles. The molecule has 3 rings (SSSR count). The third kappa shape index (κ3) is 5.88. The second-order valence-corrected chi connectivity index (χ2v) is 11.0. The van der Waals surface area contributed by atoms with Crippen LogP contribution in [0.25, 0.3) is 0 Å². The van der Waals surface area contributed by atoms with Crippen LogP contribution in [0.2, 0.25) is 0 Å². The fraction of sp³-hybridized carbons (Fsp3) is 0.136. The molecule has 0 atom stereocenters. The molecule has 0 aliphatic heterocycles. The summed E-state index contributed by atoms with van der Waals surface area (Å²) >= 11 is 0. The third-order valence-corrected chi connectivity index (χ3v) is 7.72. The molecule has 0 saturated carbocycles. The van der Waals surface area contributed by atoms with E-state index < -0.39 is 38.3 Å². The van der Waals surface area contributed by atoms with Crippen LogP contribution in [0, 0.1) is 5.82 Å². The molecular weight excluding hydrogens is 469 g/mol. The van der Waals surface area contributed by atoms with Crippen LogP contribution in [0.1, 0.15) is 0 Å². The van der Waals surface area contributed by atoms with Gasteiger partial charge >= 0.3 is 0 Å². The van der Waals surface area contributed by atoms with Crippen molar-refractivity contribution in [2.45, 2.75) is 4.90 Å². The molecule has 1 amide bonds. The first kappa shape index (κ1) is 24.2. The van der Waals surface area contributed by atoms with E-state index in [1.807, 2.05) is 0 Å². The summed E-state index contributed by atoms with van der Waals surface area (Å²) in [5.74, 6) is -1.22. The number of nitrogens with zero attached hydrogens (tertiary/aromatic N) is 2. The third-order valence-electron chi connectivity index (χ3n) is 4.72. The Hall–Kier alpha value is -3.44. The molecule has 11 heteroatoms. The minimum atomic E-state index is -4.13. The van der Waals surface area contributed by atoms with Gasteiger partial charge in [0.15, 0.2) is 0 Å². The highest BCUT2D eigenvalue weighted by atomic mass is 32.2. The lowest BCUT2D eigenvalue weighted by atomic mass is 10.2. The van der Waals surface area contributed by atoms with Crippen LogP contribution in [-0.2, 0) is 24.8 Å². The van der Waals surface area contributed by atoms with Gasteiger partial charge in [-0.3, -0.25) is 13.4 Å². The molecule has 0 heterocycles. The van der Waals surface area contributed by atoms with Gasteiger partial charge in [-0.25, -0.2) is 21.2 Å². The first-order valence-corrected chi connectivity index (χ1v) is 12.9. The molecule has 174 valence electrons. The smallest absolute Gasteiger partial charge is 0.264 e. The second-order valence-electron chi connectivity index (χ2n) is 7.13. The Labute approximate surface area is 192 Å². The van der Waals surface area contributed by atoms with Gasteiger partial charge in [0, 0.05) is 12.7 Å². The standard InChI is InChI=1S/C22H22FN3O5S2/c1-25(32(2,28)29)20-8-6-7-18(15-20)24-22(27)16-26(19-13-11-17(23)12-14-19)33(30,31)21-9-4-3-5-10-21/h3-15H,16H2,1-2H3,(H,24,27). The zero-order chi connectivity index (χ0) is 24.2. The van der Waals surface area contributed by atoms with Crippen molar-refractivity contribution in [2.75, 3.05) is 33.8 Å². The minimum absolute atomic E-state index is 0.0288. The van der Waals surface area contributed by atoms with E-state index in [4.69, 9.17) is 0 Å². The quantitative estimate of drug-likeness (QED) is 0.522. The maximum absolute atomic E-state index is 13.4. The van der Waals surface area contributed by atoms with Crippen molar-refractivity contribution in [3.05, 3.63) is 84.7 Å². The van der Waals surface area contributed by atoms with Crippen LogP contribution in [0.15, 0.2) is 83.8 Å². The summed E-state index contributed by atoms with van der Waals surface area (Å²) in [5, 5.41) is 2.58. The Kier molecular flexibility index (Phi) is 7.04. The van der Waals surface area contributed by atoms with Crippen molar-refractivity contribution in [1.82, 2.24) is 0 Å². The second kappa shape index (κ2) is 9.59. The van der Waals surface area contributed by atoms with Gasteiger partial charge in [-0.15, -0.1) is 0 Å². The van der Waals surface area contributed by atoms with Crippen molar-refractivity contribution in [3.8, 4) is 0 Å². The summed E-state index contributed by atoms with van der Waals surface area (Å²) in [6, 6.07) is 18.4. The molecule has 0 fully saturated rings. The van der Waals surface area contributed by atoms with E-state index in [2.05, 4.69) is 5.32 Å². The summed E-state index contributed by atoms with van der Waals surface area (Å²) in [7, 11) is -6.27. The number of nitrogens with one attached hydrogen (secondary N) is 1. The predicted octanol–water partition coefficient (Wildman–Crippen LogP) is 3.06. The maximum Gasteiger partial charge on any atom is 0.264 e. The molecule has 0 saturated heterocycles. The molecule has 8 nitrogen and oxygen atoms in total. The van der Waals surface area contributed by atoms with Crippen molar-refractivity contribution in [3.63, 3.8) is 0 Å². The molecule has 0 unspecified atom stereocenters. The topological polar surface area (TPSA) is 104 Å². The van der Waals surface area contributed by atoms with Crippen LogP contribution in [0.3, 0.4) is 0 Å².